The molecular formula is C31H37N3O3. The number of hydrogen-bond acceptors (Lipinski definition) is 4. The van der Waals surface area contributed by atoms with Crippen LogP contribution < -0.4 is 14.8 Å². The Morgan fingerprint density at radius 2 is 1.70 bits per heavy atom. The van der Waals surface area contributed by atoms with Crippen molar-refractivity contribution >= 4 is 16.9 Å². The second-order valence-electron chi connectivity index (χ2n) is 9.47. The molecule has 37 heavy (non-hydrogen) atoms. The molecule has 194 valence electrons. The van der Waals surface area contributed by atoms with Crippen LogP contribution in [-0.2, 0) is 24.2 Å². The van der Waals surface area contributed by atoms with Crippen LogP contribution in [0.15, 0.2) is 66.7 Å². The second kappa shape index (κ2) is 12.4. The number of ether oxygens (including phenoxy) is 2. The summed E-state index contributed by atoms with van der Waals surface area (Å²) in [4.78, 5) is 17.4. The number of aromatic nitrogens is 2. The Kier molecular flexibility index (Phi) is 8.83. The van der Waals surface area contributed by atoms with Gasteiger partial charge in [0.2, 0.25) is 5.91 Å². The van der Waals surface area contributed by atoms with Gasteiger partial charge in [-0.05, 0) is 59.7 Å². The van der Waals surface area contributed by atoms with E-state index < -0.39 is 0 Å². The zero-order chi connectivity index (χ0) is 26.2. The Bertz CT molecular complexity index is 1330. The number of aryl methyl sites for hydroxylation is 1. The number of carbonyl (C=O) groups excluding carboxylic acids is 1. The average Bonchev–Trinajstić information content (AvgIpc) is 3.28. The predicted octanol–water partition coefficient (Wildman–Crippen LogP) is 5.91. The van der Waals surface area contributed by atoms with E-state index >= 15 is 0 Å². The molecule has 1 amide bonds. The van der Waals surface area contributed by atoms with Crippen LogP contribution in [-0.4, -0.2) is 36.2 Å². The first-order valence-corrected chi connectivity index (χ1v) is 13.0. The van der Waals surface area contributed by atoms with E-state index in [1.807, 2.05) is 24.3 Å². The summed E-state index contributed by atoms with van der Waals surface area (Å²) in [6, 6.07) is 22.8. The number of methoxy groups -OCH3 is 2. The highest BCUT2D eigenvalue weighted by Crippen LogP contribution is 2.27. The fraction of sp³-hybridized carbons (Fsp3) is 0.355. The Morgan fingerprint density at radius 1 is 0.973 bits per heavy atom. The number of nitrogens with zero attached hydrogens (tertiary/aromatic N) is 2. The number of nitrogens with one attached hydrogen (secondary N) is 1. The summed E-state index contributed by atoms with van der Waals surface area (Å²) in [6.45, 7) is 5.87. The minimum absolute atomic E-state index is 0.0119. The van der Waals surface area contributed by atoms with E-state index in [2.05, 4.69) is 66.2 Å². The molecule has 6 nitrogen and oxygen atoms in total. The maximum atomic E-state index is 12.5. The molecule has 0 saturated carbocycles. The molecule has 0 aliphatic rings. The fourth-order valence-electron chi connectivity index (χ4n) is 4.58. The number of para-hydroxylation sites is 2. The third kappa shape index (κ3) is 6.50. The van der Waals surface area contributed by atoms with Gasteiger partial charge >= 0.3 is 0 Å². The molecule has 1 atom stereocenters. The van der Waals surface area contributed by atoms with Gasteiger partial charge in [-0.15, -0.1) is 0 Å². The summed E-state index contributed by atoms with van der Waals surface area (Å²) >= 11 is 0. The standard InChI is InChI=1S/C31H37N3O3/c1-5-22(2)25-15-12-23(13-16-25)21-34-27-10-7-6-9-26(27)33-30(34)11-8-18-32-31(35)20-24-14-17-28(36-3)29(19-24)37-4/h6-7,9-10,12-17,19,22H,5,8,11,18,20-21H2,1-4H3,(H,32,35). The lowest BCUT2D eigenvalue weighted by atomic mass is 9.97. The predicted molar refractivity (Wildman–Crippen MR) is 149 cm³/mol. The van der Waals surface area contributed by atoms with Gasteiger partial charge in [0.1, 0.15) is 5.82 Å². The van der Waals surface area contributed by atoms with Gasteiger partial charge in [-0.3, -0.25) is 4.79 Å². The number of fused-ring (bicyclic) bond motifs is 1. The second-order valence-corrected chi connectivity index (χ2v) is 9.47. The average molecular weight is 500 g/mol. The van der Waals surface area contributed by atoms with Crippen LogP contribution in [0.3, 0.4) is 0 Å². The van der Waals surface area contributed by atoms with Crippen LogP contribution in [0.25, 0.3) is 11.0 Å². The molecule has 1 aromatic heterocycles. The highest BCUT2D eigenvalue weighted by molar-refractivity contribution is 5.79. The van der Waals surface area contributed by atoms with Crippen molar-refractivity contribution in [3.8, 4) is 11.5 Å². The highest BCUT2D eigenvalue weighted by Gasteiger charge is 2.12. The smallest absolute Gasteiger partial charge is 0.224 e. The summed E-state index contributed by atoms with van der Waals surface area (Å²) in [6.07, 6.45) is 3.04. The third-order valence-corrected chi connectivity index (χ3v) is 6.95. The summed E-state index contributed by atoms with van der Waals surface area (Å²) in [5, 5.41) is 3.04. The molecule has 4 aromatic rings. The molecule has 0 fully saturated rings. The normalized spacial score (nSPS) is 11.9. The highest BCUT2D eigenvalue weighted by atomic mass is 16.5. The van der Waals surface area contributed by atoms with Crippen LogP contribution in [0, 0.1) is 0 Å². The van der Waals surface area contributed by atoms with Crippen LogP contribution in [0.1, 0.15) is 55.1 Å². The number of benzene rings is 3. The third-order valence-electron chi connectivity index (χ3n) is 6.95. The maximum absolute atomic E-state index is 12.5. The van der Waals surface area contributed by atoms with E-state index in [9.17, 15) is 4.79 Å². The Morgan fingerprint density at radius 3 is 2.43 bits per heavy atom. The lowest BCUT2D eigenvalue weighted by Gasteiger charge is -2.13. The number of rotatable bonds is 12. The molecule has 3 aromatic carbocycles. The molecule has 1 unspecified atom stereocenters. The molecular weight excluding hydrogens is 462 g/mol. The molecule has 0 aliphatic carbocycles. The first-order chi connectivity index (χ1) is 18.0. The molecule has 0 radical (unpaired) electrons. The largest absolute Gasteiger partial charge is 0.493 e. The van der Waals surface area contributed by atoms with Crippen LogP contribution in [0.4, 0.5) is 0 Å². The summed E-state index contributed by atoms with van der Waals surface area (Å²) < 4.78 is 12.9. The lowest BCUT2D eigenvalue weighted by molar-refractivity contribution is -0.120. The number of carbonyl (C=O) groups is 1. The van der Waals surface area contributed by atoms with Crippen molar-refractivity contribution in [2.24, 2.45) is 0 Å². The van der Waals surface area contributed by atoms with Gasteiger partial charge in [0.05, 0.1) is 31.7 Å². The topological polar surface area (TPSA) is 65.4 Å². The first-order valence-electron chi connectivity index (χ1n) is 13.0. The van der Waals surface area contributed by atoms with E-state index in [0.717, 1.165) is 48.2 Å². The maximum Gasteiger partial charge on any atom is 0.224 e. The van der Waals surface area contributed by atoms with Gasteiger partial charge in [0, 0.05) is 19.5 Å². The zero-order valence-electron chi connectivity index (χ0n) is 22.3. The van der Waals surface area contributed by atoms with Crippen molar-refractivity contribution < 1.29 is 14.3 Å². The van der Waals surface area contributed by atoms with Crippen molar-refractivity contribution in [2.75, 3.05) is 20.8 Å². The minimum Gasteiger partial charge on any atom is -0.493 e. The van der Waals surface area contributed by atoms with Gasteiger partial charge in [0.15, 0.2) is 11.5 Å². The Labute approximate surface area is 219 Å². The molecule has 6 heteroatoms. The monoisotopic (exact) mass is 499 g/mol. The quantitative estimate of drug-likeness (QED) is 0.246. The van der Waals surface area contributed by atoms with Crippen molar-refractivity contribution in [1.82, 2.24) is 14.9 Å². The van der Waals surface area contributed by atoms with Crippen LogP contribution in [0.2, 0.25) is 0 Å². The molecule has 4 rings (SSSR count). The summed E-state index contributed by atoms with van der Waals surface area (Å²) in [7, 11) is 3.19. The number of hydrogen-bond donors (Lipinski definition) is 1. The minimum atomic E-state index is -0.0119. The lowest BCUT2D eigenvalue weighted by Crippen LogP contribution is -2.26. The van der Waals surface area contributed by atoms with Crippen molar-refractivity contribution in [2.45, 2.75) is 52.0 Å². The number of amides is 1. The fourth-order valence-corrected chi connectivity index (χ4v) is 4.58. The van der Waals surface area contributed by atoms with E-state index in [1.54, 1.807) is 14.2 Å². The molecule has 0 aliphatic heterocycles. The molecule has 0 spiro atoms. The molecule has 0 saturated heterocycles. The SMILES string of the molecule is CCC(C)c1ccc(Cn2c(CCCNC(=O)Cc3ccc(OC)c(OC)c3)nc3ccccc32)cc1. The van der Waals surface area contributed by atoms with Gasteiger partial charge in [0.25, 0.3) is 0 Å². The van der Waals surface area contributed by atoms with Crippen molar-refractivity contribution in [3.05, 3.63) is 89.2 Å². The van der Waals surface area contributed by atoms with Gasteiger partial charge in [-0.2, -0.15) is 0 Å². The summed E-state index contributed by atoms with van der Waals surface area (Å²) in [5.74, 6) is 2.88. The van der Waals surface area contributed by atoms with E-state index in [4.69, 9.17) is 14.5 Å². The van der Waals surface area contributed by atoms with Crippen molar-refractivity contribution in [1.29, 1.82) is 0 Å². The Hall–Kier alpha value is -3.80. The van der Waals surface area contributed by atoms with Crippen LogP contribution >= 0.6 is 0 Å². The van der Waals surface area contributed by atoms with Crippen molar-refractivity contribution in [3.63, 3.8) is 0 Å². The van der Waals surface area contributed by atoms with E-state index in [-0.39, 0.29) is 5.91 Å². The zero-order valence-corrected chi connectivity index (χ0v) is 22.3. The molecule has 1 heterocycles. The van der Waals surface area contributed by atoms with Gasteiger partial charge in [-0.1, -0.05) is 56.3 Å². The van der Waals surface area contributed by atoms with Gasteiger partial charge < -0.3 is 19.4 Å². The molecule has 0 bridgehead atoms. The van der Waals surface area contributed by atoms with E-state index in [1.165, 1.54) is 11.1 Å². The summed E-state index contributed by atoms with van der Waals surface area (Å²) in [5.41, 5.74) is 5.67. The number of imidazole rings is 1. The van der Waals surface area contributed by atoms with Gasteiger partial charge in [-0.25, -0.2) is 4.98 Å². The van der Waals surface area contributed by atoms with Crippen LogP contribution in [0.5, 0.6) is 11.5 Å². The Balaban J connectivity index is 1.37. The van der Waals surface area contributed by atoms with E-state index in [0.29, 0.717) is 30.4 Å². The molecule has 1 N–H and O–H groups in total. The first kappa shape index (κ1) is 26.3.